The summed E-state index contributed by atoms with van der Waals surface area (Å²) in [5.74, 6) is -1.87. The van der Waals surface area contributed by atoms with Crippen molar-refractivity contribution < 1.29 is 17.2 Å². The molecule has 23 heavy (non-hydrogen) atoms. The lowest BCUT2D eigenvalue weighted by Gasteiger charge is -2.28. The molecular weight excluding hydrogens is 340 g/mol. The van der Waals surface area contributed by atoms with Gasteiger partial charge in [-0.05, 0) is 47.4 Å². The van der Waals surface area contributed by atoms with Gasteiger partial charge in [0.05, 0.1) is 0 Å². The summed E-state index contributed by atoms with van der Waals surface area (Å²) in [6.07, 6.45) is 3.89. The summed E-state index contributed by atoms with van der Waals surface area (Å²) in [6, 6.07) is 4.50. The third-order valence-electron chi connectivity index (χ3n) is 4.48. The van der Waals surface area contributed by atoms with Gasteiger partial charge in [0.1, 0.15) is 16.5 Å². The van der Waals surface area contributed by atoms with Crippen LogP contribution in [0.15, 0.2) is 39.9 Å². The van der Waals surface area contributed by atoms with Crippen LogP contribution in [0.2, 0.25) is 0 Å². The van der Waals surface area contributed by atoms with Crippen molar-refractivity contribution in [2.75, 3.05) is 6.54 Å². The van der Waals surface area contributed by atoms with E-state index in [0.717, 1.165) is 43.4 Å². The van der Waals surface area contributed by atoms with Gasteiger partial charge < -0.3 is 0 Å². The smallest absolute Gasteiger partial charge is 0.210 e. The van der Waals surface area contributed by atoms with Gasteiger partial charge in [-0.25, -0.2) is 21.9 Å². The fourth-order valence-electron chi connectivity index (χ4n) is 3.19. The molecule has 0 unspecified atom stereocenters. The van der Waals surface area contributed by atoms with Gasteiger partial charge in [-0.15, -0.1) is 0 Å². The summed E-state index contributed by atoms with van der Waals surface area (Å²) in [6.45, 7) is 0.225. The van der Waals surface area contributed by atoms with Crippen LogP contribution < -0.4 is 4.72 Å². The normalized spacial score (nSPS) is 17.5. The Balaban J connectivity index is 1.83. The van der Waals surface area contributed by atoms with E-state index in [-0.39, 0.29) is 12.0 Å². The van der Waals surface area contributed by atoms with Gasteiger partial charge in [0.15, 0.2) is 0 Å². The highest BCUT2D eigenvalue weighted by Crippen LogP contribution is 2.41. The minimum absolute atomic E-state index is 0.225. The second-order valence-corrected chi connectivity index (χ2v) is 8.41. The zero-order valence-electron chi connectivity index (χ0n) is 12.4. The van der Waals surface area contributed by atoms with Crippen LogP contribution in [0.25, 0.3) is 0 Å². The van der Waals surface area contributed by atoms with Crippen LogP contribution in [-0.2, 0) is 15.4 Å². The van der Waals surface area contributed by atoms with E-state index in [0.29, 0.717) is 6.07 Å². The molecule has 0 atom stereocenters. The second kappa shape index (κ2) is 6.30. The maximum atomic E-state index is 13.8. The Kier molecular flexibility index (Phi) is 4.53. The summed E-state index contributed by atoms with van der Waals surface area (Å²) in [5, 5.41) is 4.02. The molecule has 1 N–H and O–H groups in total. The maximum Gasteiger partial charge on any atom is 0.243 e. The highest BCUT2D eigenvalue weighted by atomic mass is 32.2. The van der Waals surface area contributed by atoms with E-state index in [1.807, 2.05) is 16.8 Å². The first kappa shape index (κ1) is 16.5. The van der Waals surface area contributed by atoms with Crippen molar-refractivity contribution in [1.82, 2.24) is 4.72 Å². The Hall–Kier alpha value is -1.31. The van der Waals surface area contributed by atoms with Gasteiger partial charge in [-0.1, -0.05) is 12.8 Å². The molecule has 1 fully saturated rings. The molecule has 7 heteroatoms. The molecule has 3 nitrogen and oxygen atoms in total. The Bertz CT molecular complexity index is 782. The molecular formula is C16H17F2NO2S2. The summed E-state index contributed by atoms with van der Waals surface area (Å²) < 4.78 is 54.0. The van der Waals surface area contributed by atoms with Gasteiger partial charge in [0.2, 0.25) is 10.0 Å². The molecule has 1 aliphatic carbocycles. The number of halogens is 2. The molecule has 1 heterocycles. The summed E-state index contributed by atoms with van der Waals surface area (Å²) in [4.78, 5) is -0.516. The molecule has 1 aromatic carbocycles. The van der Waals surface area contributed by atoms with Crippen LogP contribution in [0.4, 0.5) is 8.78 Å². The van der Waals surface area contributed by atoms with Crippen LogP contribution in [0.5, 0.6) is 0 Å². The average Bonchev–Trinajstić information content (AvgIpc) is 3.17. The zero-order valence-corrected chi connectivity index (χ0v) is 14.0. The molecule has 0 radical (unpaired) electrons. The van der Waals surface area contributed by atoms with Crippen LogP contribution in [0, 0.1) is 11.6 Å². The first-order valence-electron chi connectivity index (χ1n) is 7.40. The minimum atomic E-state index is -4.01. The first-order chi connectivity index (χ1) is 10.9. The lowest BCUT2D eigenvalue weighted by atomic mass is 9.81. The number of rotatable bonds is 5. The number of thiophene rings is 1. The van der Waals surface area contributed by atoms with E-state index in [9.17, 15) is 17.2 Å². The van der Waals surface area contributed by atoms with Crippen molar-refractivity contribution in [3.05, 3.63) is 52.2 Å². The Morgan fingerprint density at radius 2 is 1.91 bits per heavy atom. The lowest BCUT2D eigenvalue weighted by molar-refractivity contribution is 0.432. The summed E-state index contributed by atoms with van der Waals surface area (Å²) >= 11 is 1.58. The molecule has 1 aliphatic rings. The molecule has 0 amide bonds. The van der Waals surface area contributed by atoms with E-state index >= 15 is 0 Å². The van der Waals surface area contributed by atoms with E-state index < -0.39 is 26.6 Å². The average molecular weight is 357 g/mol. The number of nitrogens with one attached hydrogen (secondary N) is 1. The molecule has 1 aromatic heterocycles. The molecule has 0 spiro atoms. The third kappa shape index (κ3) is 3.32. The van der Waals surface area contributed by atoms with Crippen LogP contribution >= 0.6 is 11.3 Å². The topological polar surface area (TPSA) is 46.2 Å². The first-order valence-corrected chi connectivity index (χ1v) is 9.83. The highest BCUT2D eigenvalue weighted by Gasteiger charge is 2.37. The Labute approximate surface area is 138 Å². The molecule has 0 bridgehead atoms. The van der Waals surface area contributed by atoms with Gasteiger partial charge in [0.25, 0.3) is 0 Å². The highest BCUT2D eigenvalue weighted by molar-refractivity contribution is 7.89. The standard InChI is InChI=1S/C16H17F2NO2S2/c17-13-3-4-15(14(18)9-13)23(20,21)19-11-16(6-1-2-7-16)12-5-8-22-10-12/h3-5,8-10,19H,1-2,6-7,11H2. The molecule has 3 rings (SSSR count). The van der Waals surface area contributed by atoms with Crippen LogP contribution in [0.3, 0.4) is 0 Å². The van der Waals surface area contributed by atoms with Crippen molar-refractivity contribution >= 4 is 21.4 Å². The number of hydrogen-bond acceptors (Lipinski definition) is 3. The molecule has 1 saturated carbocycles. The van der Waals surface area contributed by atoms with Gasteiger partial charge in [0, 0.05) is 18.0 Å². The van der Waals surface area contributed by atoms with E-state index in [4.69, 9.17) is 0 Å². The minimum Gasteiger partial charge on any atom is -0.210 e. The number of sulfonamides is 1. The SMILES string of the molecule is O=S(=O)(NCC1(c2ccsc2)CCCC1)c1ccc(F)cc1F. The molecule has 0 aliphatic heterocycles. The summed E-state index contributed by atoms with van der Waals surface area (Å²) in [5.41, 5.74) is 0.895. The number of hydrogen-bond donors (Lipinski definition) is 1. The largest absolute Gasteiger partial charge is 0.243 e. The van der Waals surface area contributed by atoms with Crippen molar-refractivity contribution in [3.8, 4) is 0 Å². The van der Waals surface area contributed by atoms with E-state index in [1.165, 1.54) is 0 Å². The van der Waals surface area contributed by atoms with Gasteiger partial charge in [-0.2, -0.15) is 11.3 Å². The summed E-state index contributed by atoms with van der Waals surface area (Å²) in [7, 11) is -4.01. The van der Waals surface area contributed by atoms with Crippen molar-refractivity contribution in [2.24, 2.45) is 0 Å². The quantitative estimate of drug-likeness (QED) is 0.884. The van der Waals surface area contributed by atoms with Crippen molar-refractivity contribution in [2.45, 2.75) is 36.0 Å². The molecule has 124 valence electrons. The maximum absolute atomic E-state index is 13.8. The van der Waals surface area contributed by atoms with Gasteiger partial charge >= 0.3 is 0 Å². The number of benzene rings is 1. The lowest BCUT2D eigenvalue weighted by Crippen LogP contribution is -2.39. The Morgan fingerprint density at radius 1 is 1.17 bits per heavy atom. The van der Waals surface area contributed by atoms with Gasteiger partial charge in [-0.3, -0.25) is 0 Å². The van der Waals surface area contributed by atoms with E-state index in [2.05, 4.69) is 4.72 Å². The van der Waals surface area contributed by atoms with Crippen molar-refractivity contribution in [3.63, 3.8) is 0 Å². The molecule has 0 saturated heterocycles. The van der Waals surface area contributed by atoms with E-state index in [1.54, 1.807) is 11.3 Å². The zero-order chi connectivity index (χ0) is 16.5. The molecule has 2 aromatic rings. The fraction of sp³-hybridized carbons (Fsp3) is 0.375. The van der Waals surface area contributed by atoms with Crippen molar-refractivity contribution in [1.29, 1.82) is 0 Å². The monoisotopic (exact) mass is 357 g/mol. The fourth-order valence-corrected chi connectivity index (χ4v) is 5.15. The van der Waals surface area contributed by atoms with Crippen LogP contribution in [-0.4, -0.2) is 15.0 Å². The predicted molar refractivity (Wildman–Crippen MR) is 86.0 cm³/mol. The Morgan fingerprint density at radius 3 is 2.52 bits per heavy atom. The predicted octanol–water partition coefficient (Wildman–Crippen LogP) is 3.82. The second-order valence-electron chi connectivity index (χ2n) is 5.90. The third-order valence-corrected chi connectivity index (χ3v) is 6.60. The van der Waals surface area contributed by atoms with Crippen LogP contribution in [0.1, 0.15) is 31.2 Å².